The minimum absolute atomic E-state index is 0.193. The topological polar surface area (TPSA) is 102 Å². The quantitative estimate of drug-likeness (QED) is 0.729. The van der Waals surface area contributed by atoms with Crippen LogP contribution in [0.2, 0.25) is 0 Å². The molecule has 1 aromatic rings. The summed E-state index contributed by atoms with van der Waals surface area (Å²) in [4.78, 5) is 11.8. The molecular formula is C15H22N4O3S. The fraction of sp³-hybridized carbons (Fsp3) is 0.467. The van der Waals surface area contributed by atoms with Crippen LogP contribution in [-0.4, -0.2) is 45.1 Å². The molecule has 2 amide bonds. The van der Waals surface area contributed by atoms with E-state index >= 15 is 0 Å². The van der Waals surface area contributed by atoms with Crippen LogP contribution >= 0.6 is 0 Å². The Kier molecular flexibility index (Phi) is 7.00. The standard InChI is InChI=1S/C15H22N4O3S/c1-12(14-7-5-13(11-16)6-8-14)18-15(20)17-9-4-10-19(2)23(3,21)22/h5-8,12H,4,9-10H2,1-3H3,(H2,17,18,20)/t12-/m1/s1. The molecule has 0 aliphatic rings. The summed E-state index contributed by atoms with van der Waals surface area (Å²) in [5.41, 5.74) is 1.47. The maximum absolute atomic E-state index is 11.8. The van der Waals surface area contributed by atoms with Crippen LogP contribution in [0, 0.1) is 11.3 Å². The highest BCUT2D eigenvalue weighted by atomic mass is 32.2. The molecule has 0 saturated carbocycles. The Bertz CT molecular complexity index is 665. The molecule has 1 atom stereocenters. The van der Waals surface area contributed by atoms with Gasteiger partial charge in [0.05, 0.1) is 23.9 Å². The summed E-state index contributed by atoms with van der Waals surface area (Å²) < 4.78 is 23.7. The van der Waals surface area contributed by atoms with Gasteiger partial charge in [-0.05, 0) is 31.0 Å². The van der Waals surface area contributed by atoms with E-state index < -0.39 is 10.0 Å². The number of rotatable bonds is 7. The van der Waals surface area contributed by atoms with Gasteiger partial charge < -0.3 is 10.6 Å². The van der Waals surface area contributed by atoms with E-state index in [-0.39, 0.29) is 12.1 Å². The van der Waals surface area contributed by atoms with Crippen LogP contribution in [0.4, 0.5) is 4.79 Å². The molecule has 0 fully saturated rings. The number of urea groups is 1. The SMILES string of the molecule is C[C@@H](NC(=O)NCCCN(C)S(C)(=O)=O)c1ccc(C#N)cc1. The van der Waals surface area contributed by atoms with Crippen LogP contribution in [0.25, 0.3) is 0 Å². The number of nitriles is 1. The number of nitrogens with one attached hydrogen (secondary N) is 2. The third-order valence-corrected chi connectivity index (χ3v) is 4.70. The summed E-state index contributed by atoms with van der Waals surface area (Å²) in [5, 5.41) is 14.2. The van der Waals surface area contributed by atoms with Crippen molar-refractivity contribution in [1.29, 1.82) is 5.26 Å². The molecule has 7 nitrogen and oxygen atoms in total. The first-order valence-corrected chi connectivity index (χ1v) is 9.04. The van der Waals surface area contributed by atoms with Crippen molar-refractivity contribution < 1.29 is 13.2 Å². The van der Waals surface area contributed by atoms with Crippen LogP contribution in [0.5, 0.6) is 0 Å². The summed E-state index contributed by atoms with van der Waals surface area (Å²) in [6, 6.07) is 8.53. The lowest BCUT2D eigenvalue weighted by Gasteiger charge is -2.16. The molecule has 8 heteroatoms. The Morgan fingerprint density at radius 2 is 1.96 bits per heavy atom. The average molecular weight is 338 g/mol. The highest BCUT2D eigenvalue weighted by Crippen LogP contribution is 2.12. The van der Waals surface area contributed by atoms with Gasteiger partial charge in [-0.3, -0.25) is 0 Å². The number of benzene rings is 1. The molecule has 1 aromatic carbocycles. The Morgan fingerprint density at radius 3 is 2.48 bits per heavy atom. The van der Waals surface area contributed by atoms with E-state index in [0.717, 1.165) is 11.8 Å². The molecule has 0 aliphatic heterocycles. The normalized spacial score (nSPS) is 12.5. The second kappa shape index (κ2) is 8.50. The van der Waals surface area contributed by atoms with E-state index in [4.69, 9.17) is 5.26 Å². The first-order valence-electron chi connectivity index (χ1n) is 7.19. The first-order chi connectivity index (χ1) is 10.7. The van der Waals surface area contributed by atoms with Crippen LogP contribution in [0.3, 0.4) is 0 Å². The predicted molar refractivity (Wildman–Crippen MR) is 88.2 cm³/mol. The van der Waals surface area contributed by atoms with Crippen molar-refractivity contribution in [3.05, 3.63) is 35.4 Å². The molecule has 0 heterocycles. The zero-order valence-electron chi connectivity index (χ0n) is 13.5. The highest BCUT2D eigenvalue weighted by Gasteiger charge is 2.11. The molecular weight excluding hydrogens is 316 g/mol. The minimum Gasteiger partial charge on any atom is -0.338 e. The second-order valence-electron chi connectivity index (χ2n) is 5.29. The molecule has 1 rings (SSSR count). The monoisotopic (exact) mass is 338 g/mol. The Hall–Kier alpha value is -2.11. The number of sulfonamides is 1. The van der Waals surface area contributed by atoms with Gasteiger partial charge in [-0.25, -0.2) is 17.5 Å². The molecule has 23 heavy (non-hydrogen) atoms. The maximum Gasteiger partial charge on any atom is 0.315 e. The van der Waals surface area contributed by atoms with E-state index in [1.807, 2.05) is 13.0 Å². The van der Waals surface area contributed by atoms with E-state index in [1.54, 1.807) is 24.3 Å². The summed E-state index contributed by atoms with van der Waals surface area (Å²) in [7, 11) is -1.68. The summed E-state index contributed by atoms with van der Waals surface area (Å²) in [6.07, 6.45) is 1.68. The number of nitrogens with zero attached hydrogens (tertiary/aromatic N) is 2. The number of hydrogen-bond acceptors (Lipinski definition) is 4. The van der Waals surface area contributed by atoms with Gasteiger partial charge in [0.15, 0.2) is 0 Å². The molecule has 2 N–H and O–H groups in total. The van der Waals surface area contributed by atoms with Crippen molar-refractivity contribution in [3.63, 3.8) is 0 Å². The van der Waals surface area contributed by atoms with Gasteiger partial charge >= 0.3 is 6.03 Å². The minimum atomic E-state index is -3.18. The zero-order chi connectivity index (χ0) is 17.5. The van der Waals surface area contributed by atoms with Crippen molar-refractivity contribution >= 4 is 16.1 Å². The lowest BCUT2D eigenvalue weighted by molar-refractivity contribution is 0.237. The second-order valence-corrected chi connectivity index (χ2v) is 7.38. The number of hydrogen-bond donors (Lipinski definition) is 2. The van der Waals surface area contributed by atoms with Crippen molar-refractivity contribution in [2.24, 2.45) is 0 Å². The highest BCUT2D eigenvalue weighted by molar-refractivity contribution is 7.88. The van der Waals surface area contributed by atoms with Crippen LogP contribution in [0.1, 0.15) is 30.5 Å². The predicted octanol–water partition coefficient (Wildman–Crippen LogP) is 1.20. The smallest absolute Gasteiger partial charge is 0.315 e. The van der Waals surface area contributed by atoms with Crippen LogP contribution < -0.4 is 10.6 Å². The number of amides is 2. The van der Waals surface area contributed by atoms with E-state index in [9.17, 15) is 13.2 Å². The van der Waals surface area contributed by atoms with E-state index in [2.05, 4.69) is 10.6 Å². The first kappa shape index (κ1) is 18.9. The van der Waals surface area contributed by atoms with Gasteiger partial charge in [0.25, 0.3) is 0 Å². The van der Waals surface area contributed by atoms with Crippen molar-refractivity contribution in [2.75, 3.05) is 26.4 Å². The van der Waals surface area contributed by atoms with Crippen LogP contribution in [0.15, 0.2) is 24.3 Å². The van der Waals surface area contributed by atoms with Crippen molar-refractivity contribution in [3.8, 4) is 6.07 Å². The number of carbonyl (C=O) groups is 1. The van der Waals surface area contributed by atoms with Gasteiger partial charge in [-0.2, -0.15) is 5.26 Å². The van der Waals surface area contributed by atoms with Gasteiger partial charge in [0.1, 0.15) is 0 Å². The van der Waals surface area contributed by atoms with Crippen LogP contribution in [-0.2, 0) is 10.0 Å². The lowest BCUT2D eigenvalue weighted by atomic mass is 10.1. The largest absolute Gasteiger partial charge is 0.338 e. The Labute approximate surface area is 137 Å². The van der Waals surface area contributed by atoms with Gasteiger partial charge in [0, 0.05) is 20.1 Å². The van der Waals surface area contributed by atoms with E-state index in [0.29, 0.717) is 25.1 Å². The maximum atomic E-state index is 11.8. The lowest BCUT2D eigenvalue weighted by Crippen LogP contribution is -2.38. The molecule has 0 saturated heterocycles. The fourth-order valence-corrected chi connectivity index (χ4v) is 2.31. The van der Waals surface area contributed by atoms with Gasteiger partial charge in [-0.1, -0.05) is 12.1 Å². The summed E-state index contributed by atoms with van der Waals surface area (Å²) in [6.45, 7) is 2.58. The van der Waals surface area contributed by atoms with Gasteiger partial charge in [-0.15, -0.1) is 0 Å². The van der Waals surface area contributed by atoms with Gasteiger partial charge in [0.2, 0.25) is 10.0 Å². The molecule has 0 aliphatic carbocycles. The fourth-order valence-electron chi connectivity index (χ4n) is 1.85. The Morgan fingerprint density at radius 1 is 1.35 bits per heavy atom. The Balaban J connectivity index is 2.34. The summed E-state index contributed by atoms with van der Waals surface area (Å²) in [5.74, 6) is 0. The molecule has 126 valence electrons. The molecule has 0 radical (unpaired) electrons. The van der Waals surface area contributed by atoms with E-state index in [1.165, 1.54) is 11.4 Å². The third kappa shape index (κ3) is 6.67. The average Bonchev–Trinajstić information content (AvgIpc) is 2.50. The molecule has 0 spiro atoms. The van der Waals surface area contributed by atoms with Crippen molar-refractivity contribution in [2.45, 2.75) is 19.4 Å². The summed E-state index contributed by atoms with van der Waals surface area (Å²) >= 11 is 0. The molecule has 0 unspecified atom stereocenters. The zero-order valence-corrected chi connectivity index (χ0v) is 14.4. The van der Waals surface area contributed by atoms with Crippen molar-refractivity contribution in [1.82, 2.24) is 14.9 Å². The number of carbonyl (C=O) groups excluding carboxylic acids is 1. The third-order valence-electron chi connectivity index (χ3n) is 3.39. The molecule has 0 aromatic heterocycles. The molecule has 0 bridgehead atoms.